The summed E-state index contributed by atoms with van der Waals surface area (Å²) in [6.07, 6.45) is 5.82. The summed E-state index contributed by atoms with van der Waals surface area (Å²) >= 11 is 0. The van der Waals surface area contributed by atoms with Crippen molar-refractivity contribution in [2.45, 2.75) is 50.1 Å². The van der Waals surface area contributed by atoms with Crippen LogP contribution in [0.5, 0.6) is 0 Å². The number of hydrogen-bond donors (Lipinski definition) is 1. The summed E-state index contributed by atoms with van der Waals surface area (Å²) in [5.41, 5.74) is 0.486. The molecule has 0 aromatic carbocycles. The SMILES string of the molecule is O=C(c1cc(C2CC2)on1)N1CCC2CCC(C1)N2. The Kier molecular flexibility index (Phi) is 2.62. The molecule has 4 rings (SSSR count). The number of likely N-dealkylation sites (tertiary alicyclic amines) is 1. The Morgan fingerprint density at radius 1 is 1.26 bits per heavy atom. The van der Waals surface area contributed by atoms with Crippen molar-refractivity contribution in [1.29, 1.82) is 0 Å². The van der Waals surface area contributed by atoms with E-state index in [4.69, 9.17) is 4.52 Å². The molecule has 1 amide bonds. The molecule has 3 aliphatic rings. The molecule has 2 saturated heterocycles. The summed E-state index contributed by atoms with van der Waals surface area (Å²) in [4.78, 5) is 14.4. The van der Waals surface area contributed by atoms with Gasteiger partial charge in [-0.05, 0) is 32.1 Å². The smallest absolute Gasteiger partial charge is 0.276 e. The van der Waals surface area contributed by atoms with Crippen molar-refractivity contribution in [3.8, 4) is 0 Å². The zero-order chi connectivity index (χ0) is 12.8. The second-order valence-electron chi connectivity index (χ2n) is 6.07. The van der Waals surface area contributed by atoms with E-state index in [9.17, 15) is 4.79 Å². The van der Waals surface area contributed by atoms with Gasteiger partial charge in [0.05, 0.1) is 0 Å². The maximum atomic E-state index is 12.5. The lowest BCUT2D eigenvalue weighted by Crippen LogP contribution is -2.39. The van der Waals surface area contributed by atoms with E-state index in [2.05, 4.69) is 10.5 Å². The fourth-order valence-corrected chi connectivity index (χ4v) is 3.24. The summed E-state index contributed by atoms with van der Waals surface area (Å²) < 4.78 is 5.28. The van der Waals surface area contributed by atoms with Gasteiger partial charge in [-0.25, -0.2) is 0 Å². The van der Waals surface area contributed by atoms with Gasteiger partial charge in [0.15, 0.2) is 5.69 Å². The van der Waals surface area contributed by atoms with Gasteiger partial charge in [0, 0.05) is 37.2 Å². The van der Waals surface area contributed by atoms with Crippen molar-refractivity contribution in [2.75, 3.05) is 13.1 Å². The average Bonchev–Trinajstić information content (AvgIpc) is 3.02. The summed E-state index contributed by atoms with van der Waals surface area (Å²) in [7, 11) is 0. The van der Waals surface area contributed by atoms with Gasteiger partial charge in [0.25, 0.3) is 5.91 Å². The van der Waals surface area contributed by atoms with E-state index in [1.165, 1.54) is 25.7 Å². The molecule has 2 aliphatic heterocycles. The monoisotopic (exact) mass is 261 g/mol. The number of hydrogen-bond acceptors (Lipinski definition) is 4. The first kappa shape index (κ1) is 11.5. The molecule has 3 heterocycles. The molecular weight excluding hydrogens is 242 g/mol. The zero-order valence-corrected chi connectivity index (χ0v) is 11.0. The minimum Gasteiger partial charge on any atom is -0.360 e. The Labute approximate surface area is 112 Å². The van der Waals surface area contributed by atoms with Crippen LogP contribution in [0.3, 0.4) is 0 Å². The first-order valence-corrected chi connectivity index (χ1v) is 7.31. The number of fused-ring (bicyclic) bond motifs is 2. The lowest BCUT2D eigenvalue weighted by atomic mass is 10.1. The standard InChI is InChI=1S/C14H19N3O2/c18-14(12-7-13(19-16-12)9-1-2-9)17-6-5-10-3-4-11(8-17)15-10/h7,9-11,15H,1-6,8H2. The van der Waals surface area contributed by atoms with Crippen LogP contribution in [0.4, 0.5) is 0 Å². The minimum atomic E-state index is 0.0324. The van der Waals surface area contributed by atoms with Crippen molar-refractivity contribution in [1.82, 2.24) is 15.4 Å². The fraction of sp³-hybridized carbons (Fsp3) is 0.714. The average molecular weight is 261 g/mol. The number of nitrogens with zero attached hydrogens (tertiary/aromatic N) is 2. The van der Waals surface area contributed by atoms with Gasteiger partial charge < -0.3 is 14.7 Å². The Morgan fingerprint density at radius 3 is 2.95 bits per heavy atom. The van der Waals surface area contributed by atoms with E-state index in [1.807, 2.05) is 11.0 Å². The molecule has 2 bridgehead atoms. The van der Waals surface area contributed by atoms with Gasteiger partial charge >= 0.3 is 0 Å². The highest BCUT2D eigenvalue weighted by Crippen LogP contribution is 2.40. The van der Waals surface area contributed by atoms with E-state index in [0.717, 1.165) is 25.3 Å². The third kappa shape index (κ3) is 2.16. The van der Waals surface area contributed by atoms with Crippen LogP contribution in [0.15, 0.2) is 10.6 Å². The highest BCUT2D eigenvalue weighted by atomic mass is 16.5. The van der Waals surface area contributed by atoms with E-state index in [0.29, 0.717) is 23.7 Å². The normalized spacial score (nSPS) is 30.4. The van der Waals surface area contributed by atoms with Crippen LogP contribution in [-0.4, -0.2) is 41.1 Å². The van der Waals surface area contributed by atoms with Gasteiger partial charge in [0.1, 0.15) is 5.76 Å². The van der Waals surface area contributed by atoms with Crippen molar-refractivity contribution in [3.05, 3.63) is 17.5 Å². The Bertz CT molecular complexity index is 495. The van der Waals surface area contributed by atoms with Gasteiger partial charge in [-0.2, -0.15) is 0 Å². The number of nitrogens with one attached hydrogen (secondary N) is 1. The first-order chi connectivity index (χ1) is 9.29. The van der Waals surface area contributed by atoms with Crippen LogP contribution in [0.1, 0.15) is 54.3 Å². The predicted molar refractivity (Wildman–Crippen MR) is 68.9 cm³/mol. The Morgan fingerprint density at radius 2 is 2.11 bits per heavy atom. The highest BCUT2D eigenvalue weighted by molar-refractivity contribution is 5.92. The summed E-state index contributed by atoms with van der Waals surface area (Å²) in [6.45, 7) is 1.64. The topological polar surface area (TPSA) is 58.4 Å². The first-order valence-electron chi connectivity index (χ1n) is 7.31. The largest absolute Gasteiger partial charge is 0.360 e. The molecule has 1 aromatic rings. The Balaban J connectivity index is 1.49. The molecule has 5 nitrogen and oxygen atoms in total. The van der Waals surface area contributed by atoms with Gasteiger partial charge in [-0.3, -0.25) is 4.79 Å². The van der Waals surface area contributed by atoms with Crippen molar-refractivity contribution < 1.29 is 9.32 Å². The summed E-state index contributed by atoms with van der Waals surface area (Å²) in [5, 5.41) is 7.54. The molecule has 1 aromatic heterocycles. The van der Waals surface area contributed by atoms with Crippen LogP contribution < -0.4 is 5.32 Å². The summed E-state index contributed by atoms with van der Waals surface area (Å²) in [6, 6.07) is 2.91. The highest BCUT2D eigenvalue weighted by Gasteiger charge is 2.33. The third-order valence-electron chi connectivity index (χ3n) is 4.54. The Hall–Kier alpha value is -1.36. The predicted octanol–water partition coefficient (Wildman–Crippen LogP) is 1.52. The van der Waals surface area contributed by atoms with Crippen LogP contribution in [0.2, 0.25) is 0 Å². The molecule has 19 heavy (non-hydrogen) atoms. The number of carbonyl (C=O) groups is 1. The molecule has 2 unspecified atom stereocenters. The van der Waals surface area contributed by atoms with Gasteiger partial charge in [-0.1, -0.05) is 5.16 Å². The fourth-order valence-electron chi connectivity index (χ4n) is 3.24. The van der Waals surface area contributed by atoms with Gasteiger partial charge in [-0.15, -0.1) is 0 Å². The molecule has 102 valence electrons. The van der Waals surface area contributed by atoms with Crippen molar-refractivity contribution in [3.63, 3.8) is 0 Å². The van der Waals surface area contributed by atoms with Crippen LogP contribution in [0.25, 0.3) is 0 Å². The minimum absolute atomic E-state index is 0.0324. The van der Waals surface area contributed by atoms with Crippen LogP contribution in [0, 0.1) is 0 Å². The molecule has 1 N–H and O–H groups in total. The molecule has 3 fully saturated rings. The number of amides is 1. The second-order valence-corrected chi connectivity index (χ2v) is 6.07. The summed E-state index contributed by atoms with van der Waals surface area (Å²) in [5.74, 6) is 1.43. The molecule has 5 heteroatoms. The maximum Gasteiger partial charge on any atom is 0.276 e. The van der Waals surface area contributed by atoms with Crippen LogP contribution >= 0.6 is 0 Å². The lowest BCUT2D eigenvalue weighted by Gasteiger charge is -2.23. The molecule has 1 saturated carbocycles. The maximum absolute atomic E-state index is 12.5. The number of rotatable bonds is 2. The second kappa shape index (κ2) is 4.34. The molecule has 1 aliphatic carbocycles. The number of aromatic nitrogens is 1. The van der Waals surface area contributed by atoms with Crippen molar-refractivity contribution in [2.24, 2.45) is 0 Å². The molecule has 0 spiro atoms. The van der Waals surface area contributed by atoms with Crippen molar-refractivity contribution >= 4 is 5.91 Å². The quantitative estimate of drug-likeness (QED) is 0.877. The molecular formula is C14H19N3O2. The zero-order valence-electron chi connectivity index (χ0n) is 11.0. The van der Waals surface area contributed by atoms with E-state index in [-0.39, 0.29) is 5.91 Å². The van der Waals surface area contributed by atoms with E-state index in [1.54, 1.807) is 0 Å². The van der Waals surface area contributed by atoms with Gasteiger partial charge in [0.2, 0.25) is 0 Å². The third-order valence-corrected chi connectivity index (χ3v) is 4.54. The number of carbonyl (C=O) groups excluding carboxylic acids is 1. The molecule has 2 atom stereocenters. The van der Waals surface area contributed by atoms with E-state index >= 15 is 0 Å². The molecule has 0 radical (unpaired) electrons. The van der Waals surface area contributed by atoms with Crippen LogP contribution in [-0.2, 0) is 0 Å². The lowest BCUT2D eigenvalue weighted by molar-refractivity contribution is 0.0737. The van der Waals surface area contributed by atoms with E-state index < -0.39 is 0 Å².